The van der Waals surface area contributed by atoms with Crippen LogP contribution >= 0.6 is 12.6 Å². The van der Waals surface area contributed by atoms with Crippen LogP contribution in [0.25, 0.3) is 0 Å². The fourth-order valence-corrected chi connectivity index (χ4v) is 2.09. The summed E-state index contributed by atoms with van der Waals surface area (Å²) in [6, 6.07) is -3.36. The first-order valence-electron chi connectivity index (χ1n) is 7.58. The fourth-order valence-electron chi connectivity index (χ4n) is 1.84. The number of carboxylic acids is 2. The molecule has 0 aromatic heterocycles. The summed E-state index contributed by atoms with van der Waals surface area (Å²) in [5.74, 6) is -3.66. The number of carbonyl (C=O) groups is 4. The number of nitrogens with one attached hydrogen (secondary N) is 2. The summed E-state index contributed by atoms with van der Waals surface area (Å²) >= 11 is 3.98. The summed E-state index contributed by atoms with van der Waals surface area (Å²) in [5.41, 5.74) is 5.33. The van der Waals surface area contributed by atoms with E-state index < -0.39 is 48.0 Å². The highest BCUT2D eigenvalue weighted by molar-refractivity contribution is 7.80. The van der Waals surface area contributed by atoms with Crippen LogP contribution in [0.2, 0.25) is 0 Å². The molecule has 0 saturated heterocycles. The fraction of sp³-hybridized carbons (Fsp3) is 0.714. The van der Waals surface area contributed by atoms with Crippen molar-refractivity contribution in [3.8, 4) is 0 Å². The standard InChI is InChI=1S/C14H25N3O7S/c1-7(24-2)11(14(22)23)17-12(19)9(6-25)16-10(18)5-3-4-8(15)13(20)21/h7-9,11,25H,3-6,15H2,1-2H3,(H,16,18)(H,17,19)(H,20,21)(H,22,23)/t7-,8+,9+,11-/m1/s1. The van der Waals surface area contributed by atoms with Gasteiger partial charge in [0.2, 0.25) is 11.8 Å². The van der Waals surface area contributed by atoms with Crippen molar-refractivity contribution < 1.29 is 34.1 Å². The zero-order chi connectivity index (χ0) is 19.6. The number of thiol groups is 1. The number of nitrogens with two attached hydrogens (primary N) is 1. The lowest BCUT2D eigenvalue weighted by atomic mass is 10.1. The van der Waals surface area contributed by atoms with Gasteiger partial charge < -0.3 is 31.3 Å². The van der Waals surface area contributed by atoms with Crippen molar-refractivity contribution in [3.05, 3.63) is 0 Å². The smallest absolute Gasteiger partial charge is 0.328 e. The highest BCUT2D eigenvalue weighted by atomic mass is 32.1. The maximum atomic E-state index is 12.1. The minimum Gasteiger partial charge on any atom is -0.480 e. The van der Waals surface area contributed by atoms with Gasteiger partial charge >= 0.3 is 11.9 Å². The van der Waals surface area contributed by atoms with Gasteiger partial charge in [-0.2, -0.15) is 12.6 Å². The Labute approximate surface area is 150 Å². The van der Waals surface area contributed by atoms with E-state index in [2.05, 4.69) is 23.3 Å². The normalized spacial score (nSPS) is 15.5. The topological polar surface area (TPSA) is 168 Å². The van der Waals surface area contributed by atoms with Crippen molar-refractivity contribution in [1.82, 2.24) is 10.6 Å². The maximum Gasteiger partial charge on any atom is 0.328 e. The Hall–Kier alpha value is -1.85. The second-order valence-corrected chi connectivity index (χ2v) is 5.77. The molecule has 0 saturated carbocycles. The van der Waals surface area contributed by atoms with Gasteiger partial charge in [-0.15, -0.1) is 0 Å². The van der Waals surface area contributed by atoms with Gasteiger partial charge in [0, 0.05) is 19.3 Å². The van der Waals surface area contributed by atoms with Crippen LogP contribution in [0.5, 0.6) is 0 Å². The van der Waals surface area contributed by atoms with E-state index in [-0.39, 0.29) is 25.0 Å². The lowest BCUT2D eigenvalue weighted by Gasteiger charge is -2.23. The van der Waals surface area contributed by atoms with Crippen molar-refractivity contribution in [2.45, 2.75) is 50.4 Å². The maximum absolute atomic E-state index is 12.1. The van der Waals surface area contributed by atoms with Gasteiger partial charge in [-0.1, -0.05) is 0 Å². The van der Waals surface area contributed by atoms with Crippen molar-refractivity contribution in [2.75, 3.05) is 12.9 Å². The average molecular weight is 379 g/mol. The lowest BCUT2D eigenvalue weighted by molar-refractivity contribution is -0.145. The van der Waals surface area contributed by atoms with Crippen LogP contribution < -0.4 is 16.4 Å². The van der Waals surface area contributed by atoms with Crippen LogP contribution in [0.1, 0.15) is 26.2 Å². The molecule has 6 N–H and O–H groups in total. The Morgan fingerprint density at radius 2 is 1.76 bits per heavy atom. The van der Waals surface area contributed by atoms with Gasteiger partial charge in [-0.05, 0) is 19.8 Å². The molecule has 0 radical (unpaired) electrons. The van der Waals surface area contributed by atoms with Gasteiger partial charge in [0.25, 0.3) is 0 Å². The predicted molar refractivity (Wildman–Crippen MR) is 91.3 cm³/mol. The van der Waals surface area contributed by atoms with E-state index in [0.29, 0.717) is 0 Å². The molecule has 0 fully saturated rings. The molecule has 2 amide bonds. The number of aliphatic carboxylic acids is 2. The van der Waals surface area contributed by atoms with Gasteiger partial charge in [0.05, 0.1) is 6.10 Å². The summed E-state index contributed by atoms with van der Waals surface area (Å²) in [5, 5.41) is 22.5. The monoisotopic (exact) mass is 379 g/mol. The van der Waals surface area contributed by atoms with E-state index in [4.69, 9.17) is 20.7 Å². The molecule has 0 spiro atoms. The molecule has 0 aromatic rings. The second-order valence-electron chi connectivity index (χ2n) is 5.40. The van der Waals surface area contributed by atoms with Crippen molar-refractivity contribution in [1.29, 1.82) is 0 Å². The number of carboxylic acid groups (broad SMARTS) is 2. The third-order valence-electron chi connectivity index (χ3n) is 3.48. The molecule has 10 nitrogen and oxygen atoms in total. The predicted octanol–water partition coefficient (Wildman–Crippen LogP) is -1.41. The van der Waals surface area contributed by atoms with E-state index in [9.17, 15) is 19.2 Å². The number of rotatable bonds is 12. The molecular weight excluding hydrogens is 354 g/mol. The second kappa shape index (κ2) is 11.7. The van der Waals surface area contributed by atoms with E-state index in [1.165, 1.54) is 14.0 Å². The van der Waals surface area contributed by atoms with Crippen LogP contribution in [0.15, 0.2) is 0 Å². The Morgan fingerprint density at radius 1 is 1.16 bits per heavy atom. The average Bonchev–Trinajstić information content (AvgIpc) is 2.55. The summed E-state index contributed by atoms with van der Waals surface area (Å²) in [6.45, 7) is 1.49. The number of amides is 2. The molecular formula is C14H25N3O7S. The largest absolute Gasteiger partial charge is 0.480 e. The third-order valence-corrected chi connectivity index (χ3v) is 3.84. The van der Waals surface area contributed by atoms with Crippen LogP contribution in [0, 0.1) is 0 Å². The lowest BCUT2D eigenvalue weighted by Crippen LogP contribution is -2.55. The van der Waals surface area contributed by atoms with Crippen molar-refractivity contribution in [3.63, 3.8) is 0 Å². The quantitative estimate of drug-likeness (QED) is 0.225. The van der Waals surface area contributed by atoms with Gasteiger partial charge in [0.1, 0.15) is 12.1 Å². The molecule has 0 bridgehead atoms. The number of ether oxygens (including phenoxy) is 1. The molecule has 0 aliphatic heterocycles. The Balaban J connectivity index is 4.55. The Morgan fingerprint density at radius 3 is 2.20 bits per heavy atom. The molecule has 0 unspecified atom stereocenters. The minimum atomic E-state index is -1.27. The SMILES string of the molecule is CO[C@H](C)[C@@H](NC(=O)[C@H](CS)NC(=O)CCC[C@H](N)C(=O)O)C(=O)O. The number of hydrogen-bond donors (Lipinski definition) is 6. The highest BCUT2D eigenvalue weighted by Crippen LogP contribution is 2.02. The third kappa shape index (κ3) is 8.70. The zero-order valence-corrected chi connectivity index (χ0v) is 15.0. The number of hydrogen-bond acceptors (Lipinski definition) is 7. The first kappa shape index (κ1) is 23.1. The summed E-state index contributed by atoms with van der Waals surface area (Å²) < 4.78 is 4.90. The van der Waals surface area contributed by atoms with E-state index in [0.717, 1.165) is 0 Å². The highest BCUT2D eigenvalue weighted by Gasteiger charge is 2.29. The Kier molecular flexibility index (Phi) is 10.8. The molecule has 0 heterocycles. The summed E-state index contributed by atoms with van der Waals surface area (Å²) in [4.78, 5) is 45.7. The molecule has 144 valence electrons. The zero-order valence-electron chi connectivity index (χ0n) is 14.1. The van der Waals surface area contributed by atoms with Crippen LogP contribution in [0.4, 0.5) is 0 Å². The van der Waals surface area contributed by atoms with E-state index in [1.807, 2.05) is 0 Å². The van der Waals surface area contributed by atoms with Crippen molar-refractivity contribution in [2.24, 2.45) is 5.73 Å². The molecule has 0 aliphatic carbocycles. The number of methoxy groups -OCH3 is 1. The van der Waals surface area contributed by atoms with Crippen LogP contribution in [0.3, 0.4) is 0 Å². The summed E-state index contributed by atoms with van der Waals surface area (Å²) in [6.07, 6.45) is -0.434. The molecule has 0 aromatic carbocycles. The molecule has 11 heteroatoms. The number of carbonyl (C=O) groups excluding carboxylic acids is 2. The first-order chi connectivity index (χ1) is 11.6. The molecule has 4 atom stereocenters. The van der Waals surface area contributed by atoms with Gasteiger partial charge in [0.15, 0.2) is 6.04 Å². The van der Waals surface area contributed by atoms with Crippen LogP contribution in [-0.2, 0) is 23.9 Å². The molecule has 25 heavy (non-hydrogen) atoms. The molecule has 0 rings (SSSR count). The van der Waals surface area contributed by atoms with Gasteiger partial charge in [-0.25, -0.2) is 4.79 Å². The first-order valence-corrected chi connectivity index (χ1v) is 8.21. The van der Waals surface area contributed by atoms with Gasteiger partial charge in [-0.3, -0.25) is 14.4 Å². The van der Waals surface area contributed by atoms with E-state index in [1.54, 1.807) is 0 Å². The minimum absolute atomic E-state index is 0.0185. The van der Waals surface area contributed by atoms with Crippen molar-refractivity contribution >= 4 is 36.4 Å². The molecule has 0 aliphatic rings. The van der Waals surface area contributed by atoms with E-state index >= 15 is 0 Å². The van der Waals surface area contributed by atoms with Crippen LogP contribution in [-0.4, -0.2) is 71.1 Å². The summed E-state index contributed by atoms with van der Waals surface area (Å²) in [7, 11) is 1.31. The Bertz CT molecular complexity index is 489.